The zero-order valence-electron chi connectivity index (χ0n) is 18.6. The second-order valence-corrected chi connectivity index (χ2v) is 9.48. The number of rotatable bonds is 3. The maximum absolute atomic E-state index is 13.4. The molecule has 1 amide bonds. The van der Waals surface area contributed by atoms with Gasteiger partial charge in [0.1, 0.15) is 16.4 Å². The van der Waals surface area contributed by atoms with E-state index in [0.717, 1.165) is 68.1 Å². The summed E-state index contributed by atoms with van der Waals surface area (Å²) in [6.07, 6.45) is 4.02. The Morgan fingerprint density at radius 1 is 1.06 bits per heavy atom. The maximum atomic E-state index is 13.4. The van der Waals surface area contributed by atoms with Crippen LogP contribution < -0.4 is 15.2 Å². The lowest BCUT2D eigenvalue weighted by Crippen LogP contribution is -2.48. The minimum atomic E-state index is 0.00442. The highest BCUT2D eigenvalue weighted by Gasteiger charge is 2.28. The second kappa shape index (κ2) is 8.58. The van der Waals surface area contributed by atoms with E-state index in [9.17, 15) is 9.59 Å². The molecule has 0 spiro atoms. The van der Waals surface area contributed by atoms with E-state index in [1.807, 2.05) is 34.6 Å². The van der Waals surface area contributed by atoms with E-state index >= 15 is 0 Å². The number of nitrogens with zero attached hydrogens (tertiary/aromatic N) is 4. The number of methoxy groups -OCH3 is 1. The first-order valence-corrected chi connectivity index (χ1v) is 12.1. The van der Waals surface area contributed by atoms with Gasteiger partial charge in [0, 0.05) is 39.1 Å². The third kappa shape index (κ3) is 3.56. The van der Waals surface area contributed by atoms with E-state index in [2.05, 4.69) is 11.0 Å². The van der Waals surface area contributed by atoms with Gasteiger partial charge in [0.05, 0.1) is 23.1 Å². The lowest BCUT2D eigenvalue weighted by molar-refractivity contribution is 0.0751. The predicted molar refractivity (Wildman–Crippen MR) is 127 cm³/mol. The normalized spacial score (nSPS) is 16.7. The number of hydrogen-bond donors (Lipinski definition) is 0. The van der Waals surface area contributed by atoms with Gasteiger partial charge in [-0.1, -0.05) is 18.6 Å². The first-order valence-electron chi connectivity index (χ1n) is 11.3. The van der Waals surface area contributed by atoms with Gasteiger partial charge in [0.2, 0.25) is 0 Å². The van der Waals surface area contributed by atoms with E-state index in [1.165, 1.54) is 11.3 Å². The first kappa shape index (κ1) is 21.0. The molecule has 1 aromatic carbocycles. The third-order valence-corrected chi connectivity index (χ3v) is 7.77. The molecule has 8 heteroatoms. The monoisotopic (exact) mass is 452 g/mol. The van der Waals surface area contributed by atoms with Crippen LogP contribution in [0.2, 0.25) is 0 Å². The largest absolute Gasteiger partial charge is 0.495 e. The van der Waals surface area contributed by atoms with Crippen molar-refractivity contribution in [2.45, 2.75) is 39.2 Å². The van der Waals surface area contributed by atoms with Gasteiger partial charge in [-0.3, -0.25) is 14.2 Å². The van der Waals surface area contributed by atoms with Crippen LogP contribution in [-0.2, 0) is 13.0 Å². The predicted octanol–water partition coefficient (Wildman–Crippen LogP) is 3.46. The van der Waals surface area contributed by atoms with Crippen LogP contribution in [0.5, 0.6) is 5.75 Å². The molecule has 0 N–H and O–H groups in total. The summed E-state index contributed by atoms with van der Waals surface area (Å²) in [7, 11) is 1.68. The van der Waals surface area contributed by atoms with Crippen molar-refractivity contribution in [3.8, 4) is 5.75 Å². The van der Waals surface area contributed by atoms with Gasteiger partial charge >= 0.3 is 0 Å². The summed E-state index contributed by atoms with van der Waals surface area (Å²) < 4.78 is 7.32. The summed E-state index contributed by atoms with van der Waals surface area (Å²) in [6, 6.07) is 7.97. The number of benzene rings is 1. The second-order valence-electron chi connectivity index (χ2n) is 8.48. The summed E-state index contributed by atoms with van der Waals surface area (Å²) in [5.74, 6) is 1.72. The number of carbonyl (C=O) groups excluding carboxylic acids is 1. The quantitative estimate of drug-likeness (QED) is 0.609. The summed E-state index contributed by atoms with van der Waals surface area (Å²) in [5, 5.41) is 0.622. The van der Waals surface area contributed by atoms with Crippen LogP contribution in [0.3, 0.4) is 0 Å². The summed E-state index contributed by atoms with van der Waals surface area (Å²) in [4.78, 5) is 36.9. The molecular weight excluding hydrogens is 424 g/mol. The van der Waals surface area contributed by atoms with E-state index in [1.54, 1.807) is 7.11 Å². The molecule has 1 fully saturated rings. The number of para-hydroxylation sites is 2. The molecule has 5 rings (SSSR count). The molecule has 32 heavy (non-hydrogen) atoms. The number of ether oxygens (including phenoxy) is 1. The molecule has 0 aliphatic carbocycles. The Labute approximate surface area is 191 Å². The van der Waals surface area contributed by atoms with E-state index in [4.69, 9.17) is 9.72 Å². The zero-order valence-corrected chi connectivity index (χ0v) is 19.4. The fraction of sp³-hybridized carbons (Fsp3) is 0.458. The molecule has 0 saturated carbocycles. The number of carbonyl (C=O) groups is 1. The van der Waals surface area contributed by atoms with Crippen LogP contribution in [0.4, 0.5) is 5.69 Å². The molecule has 0 atom stereocenters. The van der Waals surface area contributed by atoms with Crippen molar-refractivity contribution in [3.63, 3.8) is 0 Å². The van der Waals surface area contributed by atoms with Gasteiger partial charge in [0.25, 0.3) is 11.5 Å². The number of fused-ring (bicyclic) bond motifs is 2. The highest BCUT2D eigenvalue weighted by atomic mass is 32.1. The van der Waals surface area contributed by atoms with Crippen LogP contribution >= 0.6 is 11.3 Å². The van der Waals surface area contributed by atoms with Crippen molar-refractivity contribution in [1.82, 2.24) is 14.5 Å². The topological polar surface area (TPSA) is 67.7 Å². The van der Waals surface area contributed by atoms with Crippen LogP contribution in [-0.4, -0.2) is 53.6 Å². The number of anilines is 1. The van der Waals surface area contributed by atoms with Crippen molar-refractivity contribution >= 4 is 33.1 Å². The van der Waals surface area contributed by atoms with Crippen molar-refractivity contribution in [2.24, 2.45) is 0 Å². The molecule has 0 unspecified atom stereocenters. The summed E-state index contributed by atoms with van der Waals surface area (Å²) in [6.45, 7) is 5.36. The lowest BCUT2D eigenvalue weighted by atomic mass is 10.1. The smallest absolute Gasteiger partial charge is 0.264 e. The van der Waals surface area contributed by atoms with Gasteiger partial charge in [-0.25, -0.2) is 4.98 Å². The molecule has 2 aliphatic heterocycles. The highest BCUT2D eigenvalue weighted by molar-refractivity contribution is 7.20. The van der Waals surface area contributed by atoms with Crippen molar-refractivity contribution in [2.75, 3.05) is 38.2 Å². The molecule has 4 heterocycles. The number of amides is 1. The van der Waals surface area contributed by atoms with Gasteiger partial charge < -0.3 is 14.5 Å². The van der Waals surface area contributed by atoms with Crippen molar-refractivity contribution in [1.29, 1.82) is 0 Å². The minimum Gasteiger partial charge on any atom is -0.495 e. The van der Waals surface area contributed by atoms with Crippen molar-refractivity contribution in [3.05, 3.63) is 50.9 Å². The van der Waals surface area contributed by atoms with Gasteiger partial charge in [-0.2, -0.15) is 0 Å². The zero-order chi connectivity index (χ0) is 22.2. The molecule has 2 aromatic heterocycles. The Morgan fingerprint density at radius 3 is 2.62 bits per heavy atom. The molecule has 168 valence electrons. The van der Waals surface area contributed by atoms with E-state index in [-0.39, 0.29) is 11.5 Å². The fourth-order valence-electron chi connectivity index (χ4n) is 4.80. The van der Waals surface area contributed by atoms with Crippen LogP contribution in [0, 0.1) is 6.92 Å². The maximum Gasteiger partial charge on any atom is 0.264 e. The molecular formula is C24H28N4O3S. The molecule has 3 aromatic rings. The van der Waals surface area contributed by atoms with Crippen molar-refractivity contribution < 1.29 is 9.53 Å². The number of thiophene rings is 1. The Morgan fingerprint density at radius 2 is 1.84 bits per heavy atom. The van der Waals surface area contributed by atoms with Gasteiger partial charge in [-0.05, 0) is 37.5 Å². The number of piperazine rings is 1. The SMILES string of the molecule is COc1ccccc1N1CCN(C(=O)c2sc3nc4n(c(=O)c3c2C)CCCCC4)CC1. The third-order valence-electron chi connectivity index (χ3n) is 6.60. The fourth-order valence-corrected chi connectivity index (χ4v) is 5.96. The van der Waals surface area contributed by atoms with Crippen LogP contribution in [0.1, 0.15) is 40.3 Å². The Hall–Kier alpha value is -2.87. The lowest BCUT2D eigenvalue weighted by Gasteiger charge is -2.36. The molecule has 0 radical (unpaired) electrons. The van der Waals surface area contributed by atoms with Gasteiger partial charge in [-0.15, -0.1) is 11.3 Å². The minimum absolute atomic E-state index is 0.00442. The number of aromatic nitrogens is 2. The summed E-state index contributed by atoms with van der Waals surface area (Å²) in [5.41, 5.74) is 1.85. The highest BCUT2D eigenvalue weighted by Crippen LogP contribution is 2.31. The van der Waals surface area contributed by atoms with E-state index in [0.29, 0.717) is 28.2 Å². The average Bonchev–Trinajstić information content (AvgIpc) is 2.98. The molecule has 1 saturated heterocycles. The number of hydrogen-bond acceptors (Lipinski definition) is 6. The summed E-state index contributed by atoms with van der Waals surface area (Å²) >= 11 is 1.37. The van der Waals surface area contributed by atoms with Crippen LogP contribution in [0.25, 0.3) is 10.2 Å². The Kier molecular flexibility index (Phi) is 5.63. The molecule has 7 nitrogen and oxygen atoms in total. The molecule has 2 aliphatic rings. The average molecular weight is 453 g/mol. The van der Waals surface area contributed by atoms with Gasteiger partial charge in [0.15, 0.2) is 0 Å². The Bertz CT molecular complexity index is 1220. The van der Waals surface area contributed by atoms with E-state index < -0.39 is 0 Å². The molecule has 0 bridgehead atoms. The Balaban J connectivity index is 1.39. The standard InChI is InChI=1S/C24H28N4O3S/c1-16-20-22(25-19-10-4-3-7-11-28(19)23(20)29)32-21(16)24(30)27-14-12-26(13-15-27)17-8-5-6-9-18(17)31-2/h5-6,8-9H,3-4,7,10-15H2,1-2H3. The first-order chi connectivity index (χ1) is 15.6. The number of aryl methyl sites for hydroxylation is 2. The van der Waals surface area contributed by atoms with Crippen LogP contribution in [0.15, 0.2) is 29.1 Å².